The first-order valence-electron chi connectivity index (χ1n) is 8.20. The van der Waals surface area contributed by atoms with Gasteiger partial charge in [-0.05, 0) is 37.8 Å². The molecule has 0 bridgehead atoms. The number of carbonyl (C=O) groups excluding carboxylic acids is 1. The van der Waals surface area contributed by atoms with Crippen molar-refractivity contribution in [1.29, 1.82) is 0 Å². The summed E-state index contributed by atoms with van der Waals surface area (Å²) in [6.45, 7) is 1.94. The molecular weight excluding hydrogens is 310 g/mol. The first kappa shape index (κ1) is 19.9. The minimum absolute atomic E-state index is 0.178. The number of benzene rings is 1. The minimum atomic E-state index is -0.178. The number of nitrogens with two attached hydrogens (primary N) is 2. The van der Waals surface area contributed by atoms with Gasteiger partial charge in [-0.25, -0.2) is 0 Å². The number of unbranched alkanes of at least 4 members (excludes halogenated alkanes) is 2. The van der Waals surface area contributed by atoms with E-state index in [1.807, 2.05) is 0 Å². The molecule has 24 heavy (non-hydrogen) atoms. The predicted octanol–water partition coefficient (Wildman–Crippen LogP) is 2.41. The molecule has 1 aromatic rings. The highest BCUT2D eigenvalue weighted by molar-refractivity contribution is 5.84. The van der Waals surface area contributed by atoms with E-state index >= 15 is 0 Å². The van der Waals surface area contributed by atoms with Crippen LogP contribution in [0.4, 0.5) is 17.1 Å². The van der Waals surface area contributed by atoms with Gasteiger partial charge in [-0.1, -0.05) is 0 Å². The molecule has 5 N–H and O–H groups in total. The second-order valence-electron chi connectivity index (χ2n) is 5.45. The molecule has 0 radical (unpaired) electrons. The van der Waals surface area contributed by atoms with E-state index in [9.17, 15) is 4.79 Å². The molecule has 7 heteroatoms. The Morgan fingerprint density at radius 2 is 1.88 bits per heavy atom. The van der Waals surface area contributed by atoms with E-state index in [1.165, 1.54) is 7.11 Å². The first-order chi connectivity index (χ1) is 11.6. The third kappa shape index (κ3) is 6.95. The first-order valence-corrected chi connectivity index (χ1v) is 8.20. The zero-order valence-corrected chi connectivity index (χ0v) is 14.6. The molecule has 0 fully saturated rings. The van der Waals surface area contributed by atoms with Gasteiger partial charge in [-0.3, -0.25) is 4.79 Å². The monoisotopic (exact) mass is 339 g/mol. The number of hydrogen-bond acceptors (Lipinski definition) is 7. The summed E-state index contributed by atoms with van der Waals surface area (Å²) in [5.41, 5.74) is 13.9. The molecular formula is C17H29N3O4. The third-order valence-electron chi connectivity index (χ3n) is 3.58. The van der Waals surface area contributed by atoms with E-state index in [4.69, 9.17) is 20.9 Å². The number of esters is 1. The fraction of sp³-hybridized carbons (Fsp3) is 0.588. The highest BCUT2D eigenvalue weighted by Gasteiger charge is 2.10. The van der Waals surface area contributed by atoms with Crippen molar-refractivity contribution >= 4 is 23.0 Å². The van der Waals surface area contributed by atoms with Crippen molar-refractivity contribution in [3.05, 3.63) is 12.1 Å². The third-order valence-corrected chi connectivity index (χ3v) is 3.58. The molecule has 0 atom stereocenters. The van der Waals surface area contributed by atoms with Crippen molar-refractivity contribution in [3.8, 4) is 5.75 Å². The van der Waals surface area contributed by atoms with Crippen LogP contribution < -0.4 is 21.5 Å². The summed E-state index contributed by atoms with van der Waals surface area (Å²) in [6, 6.07) is 3.56. The summed E-state index contributed by atoms with van der Waals surface area (Å²) in [4.78, 5) is 11.0. The van der Waals surface area contributed by atoms with Gasteiger partial charge in [-0.15, -0.1) is 0 Å². The summed E-state index contributed by atoms with van der Waals surface area (Å²) in [5, 5.41) is 3.22. The van der Waals surface area contributed by atoms with Crippen molar-refractivity contribution in [2.45, 2.75) is 32.1 Å². The van der Waals surface area contributed by atoms with Crippen molar-refractivity contribution in [3.63, 3.8) is 0 Å². The van der Waals surface area contributed by atoms with Gasteiger partial charge in [0.2, 0.25) is 0 Å². The number of nitrogen functional groups attached to an aromatic ring is 2. The molecule has 0 saturated carbocycles. The van der Waals surface area contributed by atoms with E-state index in [0.717, 1.165) is 32.2 Å². The standard InChI is InChI=1S/C17H29N3O4/c1-22-11-6-10-20-17-13(18)8-9-14(16(17)19)24-12-5-3-4-7-15(21)23-2/h8-9,20H,3-7,10-12,18-19H2,1-2H3. The molecule has 0 unspecified atom stereocenters. The quantitative estimate of drug-likeness (QED) is 0.305. The van der Waals surface area contributed by atoms with Crippen LogP contribution in [0.2, 0.25) is 0 Å². The largest absolute Gasteiger partial charge is 0.491 e. The van der Waals surface area contributed by atoms with Crippen LogP contribution in [0.5, 0.6) is 5.75 Å². The molecule has 0 heterocycles. The molecule has 0 spiro atoms. The number of nitrogens with one attached hydrogen (secondary N) is 1. The van der Waals surface area contributed by atoms with Crippen LogP contribution in [0.1, 0.15) is 32.1 Å². The molecule has 1 aromatic carbocycles. The van der Waals surface area contributed by atoms with E-state index in [2.05, 4.69) is 10.1 Å². The molecule has 0 aliphatic rings. The topological polar surface area (TPSA) is 109 Å². The molecule has 0 amide bonds. The number of methoxy groups -OCH3 is 2. The van der Waals surface area contributed by atoms with E-state index in [1.54, 1.807) is 19.2 Å². The van der Waals surface area contributed by atoms with Crippen LogP contribution in [0.3, 0.4) is 0 Å². The highest BCUT2D eigenvalue weighted by Crippen LogP contribution is 2.34. The average Bonchev–Trinajstić information content (AvgIpc) is 2.58. The van der Waals surface area contributed by atoms with Crippen LogP contribution >= 0.6 is 0 Å². The van der Waals surface area contributed by atoms with Gasteiger partial charge < -0.3 is 31.0 Å². The molecule has 0 aliphatic heterocycles. The lowest BCUT2D eigenvalue weighted by Crippen LogP contribution is -2.10. The van der Waals surface area contributed by atoms with Crippen molar-refractivity contribution < 1.29 is 19.0 Å². The molecule has 1 rings (SSSR count). The van der Waals surface area contributed by atoms with Gasteiger partial charge in [0.1, 0.15) is 5.75 Å². The Bertz CT molecular complexity index is 509. The zero-order valence-electron chi connectivity index (χ0n) is 14.6. The van der Waals surface area contributed by atoms with Gasteiger partial charge in [-0.2, -0.15) is 0 Å². The fourth-order valence-electron chi connectivity index (χ4n) is 2.20. The second kappa shape index (κ2) is 11.4. The lowest BCUT2D eigenvalue weighted by Gasteiger charge is -2.16. The minimum Gasteiger partial charge on any atom is -0.491 e. The number of carbonyl (C=O) groups is 1. The average molecular weight is 339 g/mol. The Morgan fingerprint density at radius 1 is 1.08 bits per heavy atom. The predicted molar refractivity (Wildman–Crippen MR) is 96.2 cm³/mol. The Hall–Kier alpha value is -2.15. The van der Waals surface area contributed by atoms with Crippen LogP contribution in [0.15, 0.2) is 12.1 Å². The summed E-state index contributed by atoms with van der Waals surface area (Å²) < 4.78 is 15.3. The smallest absolute Gasteiger partial charge is 0.305 e. The normalized spacial score (nSPS) is 10.4. The van der Waals surface area contributed by atoms with Gasteiger partial charge in [0.15, 0.2) is 0 Å². The number of ether oxygens (including phenoxy) is 3. The van der Waals surface area contributed by atoms with Crippen LogP contribution in [0, 0.1) is 0 Å². The van der Waals surface area contributed by atoms with Gasteiger partial charge in [0, 0.05) is 26.7 Å². The Morgan fingerprint density at radius 3 is 2.58 bits per heavy atom. The number of hydrogen-bond donors (Lipinski definition) is 3. The number of anilines is 3. The Labute approximate surface area is 143 Å². The van der Waals surface area contributed by atoms with Crippen molar-refractivity contribution in [2.75, 3.05) is 50.8 Å². The molecule has 136 valence electrons. The van der Waals surface area contributed by atoms with Gasteiger partial charge in [0.05, 0.1) is 30.8 Å². The van der Waals surface area contributed by atoms with Gasteiger partial charge >= 0.3 is 5.97 Å². The number of rotatable bonds is 12. The Kier molecular flexibility index (Phi) is 9.45. The lowest BCUT2D eigenvalue weighted by atomic mass is 10.2. The van der Waals surface area contributed by atoms with Gasteiger partial charge in [0.25, 0.3) is 0 Å². The fourth-order valence-corrected chi connectivity index (χ4v) is 2.20. The summed E-state index contributed by atoms with van der Waals surface area (Å²) in [7, 11) is 3.07. The van der Waals surface area contributed by atoms with Crippen molar-refractivity contribution in [1.82, 2.24) is 0 Å². The summed E-state index contributed by atoms with van der Waals surface area (Å²) in [5.74, 6) is 0.439. The van der Waals surface area contributed by atoms with Crippen molar-refractivity contribution in [2.24, 2.45) is 0 Å². The molecule has 0 aliphatic carbocycles. The maximum atomic E-state index is 11.0. The maximum absolute atomic E-state index is 11.0. The second-order valence-corrected chi connectivity index (χ2v) is 5.45. The summed E-state index contributed by atoms with van der Waals surface area (Å²) in [6.07, 6.45) is 3.83. The van der Waals surface area contributed by atoms with E-state index < -0.39 is 0 Å². The Balaban J connectivity index is 2.41. The van der Waals surface area contributed by atoms with Crippen LogP contribution in [0.25, 0.3) is 0 Å². The SMILES string of the molecule is COCCCNc1c(N)ccc(OCCCCCC(=O)OC)c1N. The summed E-state index contributed by atoms with van der Waals surface area (Å²) >= 11 is 0. The van der Waals surface area contributed by atoms with Crippen LogP contribution in [-0.4, -0.2) is 39.9 Å². The lowest BCUT2D eigenvalue weighted by molar-refractivity contribution is -0.140. The van der Waals surface area contributed by atoms with E-state index in [-0.39, 0.29) is 5.97 Å². The molecule has 0 aromatic heterocycles. The van der Waals surface area contributed by atoms with Crippen LogP contribution in [-0.2, 0) is 14.3 Å². The van der Waals surface area contributed by atoms with E-state index in [0.29, 0.717) is 42.4 Å². The molecule has 7 nitrogen and oxygen atoms in total. The zero-order chi connectivity index (χ0) is 17.8. The maximum Gasteiger partial charge on any atom is 0.305 e. The highest BCUT2D eigenvalue weighted by atomic mass is 16.5. The molecule has 0 saturated heterocycles.